The van der Waals surface area contributed by atoms with E-state index >= 15 is 0 Å². The Kier molecular flexibility index (Phi) is 5.34. The zero-order chi connectivity index (χ0) is 22.2. The van der Waals surface area contributed by atoms with Gasteiger partial charge < -0.3 is 9.67 Å². The van der Waals surface area contributed by atoms with E-state index in [2.05, 4.69) is 22.8 Å². The molecule has 0 radical (unpaired) electrons. The molecule has 0 spiro atoms. The van der Waals surface area contributed by atoms with Crippen molar-refractivity contribution in [3.05, 3.63) is 59.4 Å². The van der Waals surface area contributed by atoms with E-state index in [-0.39, 0.29) is 18.0 Å². The third-order valence-electron chi connectivity index (χ3n) is 7.13. The molecule has 3 atom stereocenters. The van der Waals surface area contributed by atoms with Crippen LogP contribution < -0.4 is 4.90 Å². The number of carbonyl (C=O) groups is 1. The molecule has 1 aliphatic heterocycles. The summed E-state index contributed by atoms with van der Waals surface area (Å²) in [7, 11) is 0. The minimum Gasteiger partial charge on any atom is -0.465 e. The topological polar surface area (TPSA) is 82.2 Å². The van der Waals surface area contributed by atoms with Gasteiger partial charge in [0.1, 0.15) is 5.82 Å². The van der Waals surface area contributed by atoms with Crippen LogP contribution in [0.1, 0.15) is 62.0 Å². The summed E-state index contributed by atoms with van der Waals surface area (Å²) in [5.41, 5.74) is 4.98. The number of aromatic nitrogens is 2. The normalized spacial score (nSPS) is 23.0. The Morgan fingerprint density at radius 1 is 1.19 bits per heavy atom. The summed E-state index contributed by atoms with van der Waals surface area (Å²) >= 11 is 0. The lowest BCUT2D eigenvalue weighted by Crippen LogP contribution is -2.41. The number of nitriles is 1. The van der Waals surface area contributed by atoms with Crippen molar-refractivity contribution in [3.8, 4) is 6.07 Å². The van der Waals surface area contributed by atoms with Gasteiger partial charge in [-0.2, -0.15) is 5.26 Å². The summed E-state index contributed by atoms with van der Waals surface area (Å²) in [6, 6.07) is 17.0. The molecule has 5 rings (SSSR count). The van der Waals surface area contributed by atoms with E-state index in [0.29, 0.717) is 0 Å². The van der Waals surface area contributed by atoms with Crippen LogP contribution in [0, 0.1) is 17.2 Å². The summed E-state index contributed by atoms with van der Waals surface area (Å²) < 4.78 is 2.36. The zero-order valence-corrected chi connectivity index (χ0v) is 18.4. The molecule has 1 aromatic heterocycles. The van der Waals surface area contributed by atoms with Crippen LogP contribution >= 0.6 is 0 Å². The molecule has 1 amide bonds. The minimum absolute atomic E-state index is 0.0435. The van der Waals surface area contributed by atoms with Gasteiger partial charge in [0, 0.05) is 30.0 Å². The van der Waals surface area contributed by atoms with Crippen molar-refractivity contribution >= 4 is 22.8 Å². The molecule has 6 heteroatoms. The summed E-state index contributed by atoms with van der Waals surface area (Å²) in [6.45, 7) is 1.96. The fourth-order valence-electron chi connectivity index (χ4n) is 5.56. The molecule has 6 nitrogen and oxygen atoms in total. The quantitative estimate of drug-likeness (QED) is 0.580. The Bertz CT molecular complexity index is 1190. The molecule has 1 saturated carbocycles. The second-order valence-corrected chi connectivity index (χ2v) is 9.18. The highest BCUT2D eigenvalue weighted by Crippen LogP contribution is 2.40. The van der Waals surface area contributed by atoms with E-state index in [0.717, 1.165) is 73.1 Å². The van der Waals surface area contributed by atoms with Crippen LogP contribution in [0.2, 0.25) is 0 Å². The number of nitrogens with zero attached hydrogens (tertiary/aromatic N) is 4. The van der Waals surface area contributed by atoms with E-state index in [1.54, 1.807) is 0 Å². The maximum absolute atomic E-state index is 12.0. The summed E-state index contributed by atoms with van der Waals surface area (Å²) in [5.74, 6) is 1.08. The molecule has 2 heterocycles. The number of rotatable bonds is 3. The van der Waals surface area contributed by atoms with Crippen LogP contribution in [-0.4, -0.2) is 26.8 Å². The average Bonchev–Trinajstić information content (AvgIpc) is 3.17. The van der Waals surface area contributed by atoms with E-state index in [1.165, 1.54) is 10.5 Å². The summed E-state index contributed by atoms with van der Waals surface area (Å²) in [5, 5.41) is 19.4. The minimum atomic E-state index is -0.911. The number of fused-ring (bicyclic) bond motifs is 3. The number of amides is 1. The molecule has 2 aliphatic rings. The number of imidazole rings is 1. The first kappa shape index (κ1) is 20.6. The van der Waals surface area contributed by atoms with Crippen LogP contribution in [0.4, 0.5) is 10.5 Å². The fraction of sp³-hybridized carbons (Fsp3) is 0.423. The smallest absolute Gasteiger partial charge is 0.412 e. The second-order valence-electron chi connectivity index (χ2n) is 9.18. The van der Waals surface area contributed by atoms with Gasteiger partial charge in [0.15, 0.2) is 0 Å². The number of hydrogen-bond donors (Lipinski definition) is 1. The number of hydrogen-bond acceptors (Lipinski definition) is 3. The van der Waals surface area contributed by atoms with Crippen molar-refractivity contribution < 1.29 is 9.90 Å². The molecule has 1 fully saturated rings. The Labute approximate surface area is 188 Å². The molecule has 3 aromatic rings. The predicted octanol–water partition coefficient (Wildman–Crippen LogP) is 5.70. The zero-order valence-electron chi connectivity index (χ0n) is 18.4. The van der Waals surface area contributed by atoms with Crippen molar-refractivity contribution in [1.29, 1.82) is 5.26 Å². The first-order chi connectivity index (χ1) is 15.6. The lowest BCUT2D eigenvalue weighted by Gasteiger charge is -2.33. The Morgan fingerprint density at radius 3 is 2.75 bits per heavy atom. The maximum atomic E-state index is 12.0. The SMILES string of the molecule is C[C@H]1CCc2c(ccc3c2nc(Cc2ccccc2)n3C2CCCC(C#N)C2)N1C(=O)O. The van der Waals surface area contributed by atoms with Crippen LogP contribution in [0.5, 0.6) is 0 Å². The fourth-order valence-corrected chi connectivity index (χ4v) is 5.56. The molecule has 1 aliphatic carbocycles. The first-order valence-corrected chi connectivity index (χ1v) is 11.5. The van der Waals surface area contributed by atoms with E-state index in [4.69, 9.17) is 4.98 Å². The van der Waals surface area contributed by atoms with Gasteiger partial charge in [0.25, 0.3) is 0 Å². The van der Waals surface area contributed by atoms with Crippen molar-refractivity contribution in [2.24, 2.45) is 5.92 Å². The van der Waals surface area contributed by atoms with Gasteiger partial charge in [0.2, 0.25) is 0 Å². The highest BCUT2D eigenvalue weighted by atomic mass is 16.4. The Morgan fingerprint density at radius 2 is 2.00 bits per heavy atom. The van der Waals surface area contributed by atoms with Gasteiger partial charge in [-0.15, -0.1) is 0 Å². The summed E-state index contributed by atoms with van der Waals surface area (Å²) in [4.78, 5) is 18.6. The number of benzene rings is 2. The van der Waals surface area contributed by atoms with Crippen molar-refractivity contribution in [3.63, 3.8) is 0 Å². The lowest BCUT2D eigenvalue weighted by atomic mass is 9.86. The predicted molar refractivity (Wildman–Crippen MR) is 124 cm³/mol. The van der Waals surface area contributed by atoms with E-state index in [1.807, 2.05) is 37.3 Å². The molecule has 2 aromatic carbocycles. The van der Waals surface area contributed by atoms with E-state index < -0.39 is 6.09 Å². The Balaban J connectivity index is 1.67. The van der Waals surface area contributed by atoms with Crippen LogP contribution in [0.3, 0.4) is 0 Å². The molecule has 0 bridgehead atoms. The highest BCUT2D eigenvalue weighted by Gasteiger charge is 2.32. The number of carboxylic acid groups (broad SMARTS) is 1. The van der Waals surface area contributed by atoms with Crippen LogP contribution in [-0.2, 0) is 12.8 Å². The van der Waals surface area contributed by atoms with Crippen molar-refractivity contribution in [2.75, 3.05) is 4.90 Å². The van der Waals surface area contributed by atoms with Gasteiger partial charge in [-0.1, -0.05) is 36.8 Å². The molecule has 164 valence electrons. The average molecular weight is 429 g/mol. The standard InChI is InChI=1S/C26H28N4O2/c1-17-10-11-21-22(29(17)26(31)32)12-13-23-25(21)28-24(15-18-6-3-2-4-7-18)30(23)20-9-5-8-19(14-20)16-27/h2-4,6-7,12-13,17,19-20H,5,8-11,14-15H2,1H3,(H,31,32)/t17-,19?,20?/m0/s1. The van der Waals surface area contributed by atoms with Crippen LogP contribution in [0.25, 0.3) is 11.0 Å². The lowest BCUT2D eigenvalue weighted by molar-refractivity contribution is 0.198. The highest BCUT2D eigenvalue weighted by molar-refractivity contribution is 5.94. The van der Waals surface area contributed by atoms with Gasteiger partial charge in [-0.05, 0) is 56.7 Å². The van der Waals surface area contributed by atoms with Gasteiger partial charge >= 0.3 is 6.09 Å². The van der Waals surface area contributed by atoms with Crippen LogP contribution in [0.15, 0.2) is 42.5 Å². The number of aryl methyl sites for hydroxylation is 1. The third-order valence-corrected chi connectivity index (χ3v) is 7.13. The summed E-state index contributed by atoms with van der Waals surface area (Å²) in [6.07, 6.45) is 5.32. The maximum Gasteiger partial charge on any atom is 0.412 e. The molecule has 0 saturated heterocycles. The first-order valence-electron chi connectivity index (χ1n) is 11.5. The molecule has 32 heavy (non-hydrogen) atoms. The molecule has 1 N–H and O–H groups in total. The van der Waals surface area contributed by atoms with Gasteiger partial charge in [0.05, 0.1) is 22.8 Å². The third kappa shape index (κ3) is 3.52. The number of anilines is 1. The van der Waals surface area contributed by atoms with Crippen molar-refractivity contribution in [2.45, 2.75) is 64.0 Å². The van der Waals surface area contributed by atoms with Gasteiger partial charge in [-0.3, -0.25) is 4.90 Å². The van der Waals surface area contributed by atoms with Crippen molar-refractivity contribution in [1.82, 2.24) is 9.55 Å². The Hall–Kier alpha value is -3.33. The monoisotopic (exact) mass is 428 g/mol. The largest absolute Gasteiger partial charge is 0.465 e. The molecular weight excluding hydrogens is 400 g/mol. The van der Waals surface area contributed by atoms with E-state index in [9.17, 15) is 15.2 Å². The second kappa shape index (κ2) is 8.31. The molecule has 2 unspecified atom stereocenters. The van der Waals surface area contributed by atoms with Gasteiger partial charge in [-0.25, -0.2) is 9.78 Å². The molecular formula is C26H28N4O2.